The summed E-state index contributed by atoms with van der Waals surface area (Å²) in [5.41, 5.74) is 1.04. The van der Waals surface area contributed by atoms with Crippen molar-refractivity contribution in [1.82, 2.24) is 0 Å². The number of benzene rings is 1. The number of halogens is 2. The maximum Gasteiger partial charge on any atom is 0.275 e. The van der Waals surface area contributed by atoms with Crippen molar-refractivity contribution >= 4 is 0 Å². The van der Waals surface area contributed by atoms with E-state index in [0.717, 1.165) is 19.4 Å². The average molecular weight is 228 g/mol. The van der Waals surface area contributed by atoms with Crippen molar-refractivity contribution in [3.05, 3.63) is 29.8 Å². The van der Waals surface area contributed by atoms with E-state index in [1.165, 1.54) is 0 Å². The summed E-state index contributed by atoms with van der Waals surface area (Å²) in [7, 11) is 0. The first kappa shape index (κ1) is 12.9. The molecule has 0 radical (unpaired) electrons. The van der Waals surface area contributed by atoms with Crippen LogP contribution >= 0.6 is 0 Å². The summed E-state index contributed by atoms with van der Waals surface area (Å²) in [6, 6.07) is 7.09. The SMILES string of the molecule is CC(C)c1cccc(OC(C)(F)C(C)F)c1. The van der Waals surface area contributed by atoms with Crippen LogP contribution in [0.4, 0.5) is 8.78 Å². The zero-order chi connectivity index (χ0) is 12.3. The second-order valence-corrected chi connectivity index (χ2v) is 4.43. The van der Waals surface area contributed by atoms with Crippen molar-refractivity contribution in [3.8, 4) is 5.75 Å². The molecule has 0 aliphatic rings. The molecular formula is C13H18F2O. The van der Waals surface area contributed by atoms with Crippen LogP contribution < -0.4 is 4.74 Å². The minimum absolute atomic E-state index is 0.331. The molecule has 16 heavy (non-hydrogen) atoms. The highest BCUT2D eigenvalue weighted by atomic mass is 19.2. The van der Waals surface area contributed by atoms with Crippen molar-refractivity contribution in [2.45, 2.75) is 45.6 Å². The van der Waals surface area contributed by atoms with Gasteiger partial charge in [0.25, 0.3) is 5.85 Å². The molecule has 1 nitrogen and oxygen atoms in total. The van der Waals surface area contributed by atoms with Crippen LogP contribution in [0.1, 0.15) is 39.2 Å². The summed E-state index contributed by atoms with van der Waals surface area (Å²) in [5.74, 6) is -1.59. The van der Waals surface area contributed by atoms with E-state index in [1.807, 2.05) is 19.9 Å². The number of ether oxygens (including phenoxy) is 1. The Labute approximate surface area is 95.4 Å². The number of alkyl halides is 2. The van der Waals surface area contributed by atoms with Crippen LogP contribution in [0.25, 0.3) is 0 Å². The van der Waals surface area contributed by atoms with Gasteiger partial charge in [-0.05, 0) is 30.5 Å². The lowest BCUT2D eigenvalue weighted by molar-refractivity contribution is -0.0986. The van der Waals surface area contributed by atoms with E-state index in [1.54, 1.807) is 18.2 Å². The van der Waals surface area contributed by atoms with Gasteiger partial charge in [-0.3, -0.25) is 0 Å². The van der Waals surface area contributed by atoms with Gasteiger partial charge in [0, 0.05) is 6.92 Å². The average Bonchev–Trinajstić information content (AvgIpc) is 2.17. The third-order valence-corrected chi connectivity index (χ3v) is 2.55. The van der Waals surface area contributed by atoms with Gasteiger partial charge in [-0.15, -0.1) is 0 Å². The fourth-order valence-electron chi connectivity index (χ4n) is 1.25. The zero-order valence-corrected chi connectivity index (χ0v) is 10.1. The Morgan fingerprint density at radius 1 is 1.25 bits per heavy atom. The number of hydrogen-bond donors (Lipinski definition) is 0. The molecule has 0 amide bonds. The van der Waals surface area contributed by atoms with Gasteiger partial charge in [0.05, 0.1) is 0 Å². The molecule has 1 aromatic carbocycles. The van der Waals surface area contributed by atoms with Gasteiger partial charge in [-0.25, -0.2) is 4.39 Å². The lowest BCUT2D eigenvalue weighted by atomic mass is 10.0. The fourth-order valence-corrected chi connectivity index (χ4v) is 1.25. The molecule has 0 saturated carbocycles. The maximum absolute atomic E-state index is 13.6. The Morgan fingerprint density at radius 2 is 1.88 bits per heavy atom. The Balaban J connectivity index is 2.86. The summed E-state index contributed by atoms with van der Waals surface area (Å²) < 4.78 is 31.6. The first-order chi connectivity index (χ1) is 7.33. The molecule has 0 spiro atoms. The monoisotopic (exact) mass is 228 g/mol. The largest absolute Gasteiger partial charge is 0.455 e. The summed E-state index contributed by atoms with van der Waals surface area (Å²) in [4.78, 5) is 0. The van der Waals surface area contributed by atoms with E-state index < -0.39 is 12.0 Å². The van der Waals surface area contributed by atoms with Crippen LogP contribution in [0.15, 0.2) is 24.3 Å². The Morgan fingerprint density at radius 3 is 2.38 bits per heavy atom. The highest BCUT2D eigenvalue weighted by molar-refractivity contribution is 5.30. The first-order valence-corrected chi connectivity index (χ1v) is 5.45. The summed E-state index contributed by atoms with van der Waals surface area (Å²) in [6.45, 7) is 6.31. The Bertz CT molecular complexity index is 346. The molecule has 1 aromatic rings. The zero-order valence-electron chi connectivity index (χ0n) is 10.1. The van der Waals surface area contributed by atoms with Crippen molar-refractivity contribution in [2.75, 3.05) is 0 Å². The van der Waals surface area contributed by atoms with Crippen LogP contribution in [-0.2, 0) is 0 Å². The molecule has 2 atom stereocenters. The van der Waals surface area contributed by atoms with Crippen molar-refractivity contribution in [3.63, 3.8) is 0 Å². The van der Waals surface area contributed by atoms with Gasteiger partial charge in [-0.2, -0.15) is 4.39 Å². The molecule has 0 saturated heterocycles. The predicted octanol–water partition coefficient (Wildman–Crippen LogP) is 4.23. The molecule has 3 heteroatoms. The van der Waals surface area contributed by atoms with Gasteiger partial charge in [-0.1, -0.05) is 26.0 Å². The van der Waals surface area contributed by atoms with Crippen LogP contribution in [0.3, 0.4) is 0 Å². The molecule has 0 heterocycles. The summed E-state index contributed by atoms with van der Waals surface area (Å²) >= 11 is 0. The van der Waals surface area contributed by atoms with E-state index >= 15 is 0 Å². The molecular weight excluding hydrogens is 210 g/mol. The molecule has 0 aliphatic carbocycles. The molecule has 0 bridgehead atoms. The predicted molar refractivity (Wildman–Crippen MR) is 61.2 cm³/mol. The minimum Gasteiger partial charge on any atom is -0.455 e. The molecule has 2 unspecified atom stereocenters. The molecule has 0 N–H and O–H groups in total. The van der Waals surface area contributed by atoms with Crippen LogP contribution in [0, 0.1) is 0 Å². The molecule has 90 valence electrons. The topological polar surface area (TPSA) is 9.23 Å². The lowest BCUT2D eigenvalue weighted by Crippen LogP contribution is -2.35. The van der Waals surface area contributed by atoms with Crippen molar-refractivity contribution in [1.29, 1.82) is 0 Å². The fraction of sp³-hybridized carbons (Fsp3) is 0.538. The molecule has 0 aliphatic heterocycles. The van der Waals surface area contributed by atoms with E-state index in [4.69, 9.17) is 4.74 Å². The highest BCUT2D eigenvalue weighted by Crippen LogP contribution is 2.27. The van der Waals surface area contributed by atoms with Crippen LogP contribution in [0.2, 0.25) is 0 Å². The minimum atomic E-state index is -2.28. The molecule has 1 rings (SSSR count). The third kappa shape index (κ3) is 3.19. The molecule has 0 fully saturated rings. The van der Waals surface area contributed by atoms with Gasteiger partial charge in [0.2, 0.25) is 0 Å². The van der Waals surface area contributed by atoms with Gasteiger partial charge in [0.1, 0.15) is 5.75 Å². The first-order valence-electron chi connectivity index (χ1n) is 5.45. The summed E-state index contributed by atoms with van der Waals surface area (Å²) in [5, 5.41) is 0. The van der Waals surface area contributed by atoms with Crippen molar-refractivity contribution < 1.29 is 13.5 Å². The van der Waals surface area contributed by atoms with E-state index in [0.29, 0.717) is 11.7 Å². The van der Waals surface area contributed by atoms with Gasteiger partial charge < -0.3 is 4.74 Å². The maximum atomic E-state index is 13.6. The Hall–Kier alpha value is -1.12. The number of rotatable bonds is 4. The summed E-state index contributed by atoms with van der Waals surface area (Å²) in [6.07, 6.45) is -1.67. The van der Waals surface area contributed by atoms with E-state index in [-0.39, 0.29) is 0 Å². The van der Waals surface area contributed by atoms with Crippen molar-refractivity contribution in [2.24, 2.45) is 0 Å². The highest BCUT2D eigenvalue weighted by Gasteiger charge is 2.33. The standard InChI is InChI=1S/C13H18F2O/c1-9(2)11-6-5-7-12(8-11)16-13(4,15)10(3)14/h5-10H,1-4H3. The lowest BCUT2D eigenvalue weighted by Gasteiger charge is -2.23. The van der Waals surface area contributed by atoms with Gasteiger partial charge >= 0.3 is 0 Å². The van der Waals surface area contributed by atoms with E-state index in [9.17, 15) is 8.78 Å². The van der Waals surface area contributed by atoms with E-state index in [2.05, 4.69) is 0 Å². The third-order valence-electron chi connectivity index (χ3n) is 2.55. The second kappa shape index (κ2) is 4.81. The second-order valence-electron chi connectivity index (χ2n) is 4.43. The Kier molecular flexibility index (Phi) is 3.89. The quantitative estimate of drug-likeness (QED) is 0.749. The smallest absolute Gasteiger partial charge is 0.275 e. The van der Waals surface area contributed by atoms with Crippen LogP contribution in [0.5, 0.6) is 5.75 Å². The normalized spacial score (nSPS) is 16.9. The molecule has 0 aromatic heterocycles. The number of hydrogen-bond acceptors (Lipinski definition) is 1. The van der Waals surface area contributed by atoms with Gasteiger partial charge in [0.15, 0.2) is 6.17 Å². The van der Waals surface area contributed by atoms with Crippen LogP contribution in [-0.4, -0.2) is 12.0 Å².